The SMILES string of the molecule is CC(C)CC(O)CNC(=O)c1cnn2ccccc12. The zero-order valence-electron chi connectivity index (χ0n) is 11.2. The molecule has 0 bridgehead atoms. The number of hydrogen-bond donors (Lipinski definition) is 2. The smallest absolute Gasteiger partial charge is 0.255 e. The first-order valence-electron chi connectivity index (χ1n) is 6.46. The van der Waals surface area contributed by atoms with Crippen molar-refractivity contribution in [2.24, 2.45) is 5.92 Å². The van der Waals surface area contributed by atoms with E-state index in [2.05, 4.69) is 10.4 Å². The number of carbonyl (C=O) groups is 1. The second-order valence-electron chi connectivity index (χ2n) is 5.08. The number of nitrogens with zero attached hydrogens (tertiary/aromatic N) is 2. The van der Waals surface area contributed by atoms with Gasteiger partial charge in [0.25, 0.3) is 5.91 Å². The molecule has 2 heterocycles. The highest BCUT2D eigenvalue weighted by molar-refractivity contribution is 6.00. The summed E-state index contributed by atoms with van der Waals surface area (Å²) in [6, 6.07) is 5.56. The first kappa shape index (κ1) is 13.5. The molecule has 0 spiro atoms. The Morgan fingerprint density at radius 3 is 3.00 bits per heavy atom. The van der Waals surface area contributed by atoms with Gasteiger partial charge in [0.15, 0.2) is 0 Å². The molecular weight excluding hydrogens is 242 g/mol. The molecule has 0 fully saturated rings. The quantitative estimate of drug-likeness (QED) is 0.856. The molecule has 1 unspecified atom stereocenters. The lowest BCUT2D eigenvalue weighted by Gasteiger charge is -2.13. The lowest BCUT2D eigenvalue weighted by atomic mass is 10.1. The fourth-order valence-electron chi connectivity index (χ4n) is 2.04. The molecule has 2 rings (SSSR count). The van der Waals surface area contributed by atoms with Crippen molar-refractivity contribution < 1.29 is 9.90 Å². The van der Waals surface area contributed by atoms with Crippen LogP contribution in [0.3, 0.4) is 0 Å². The average Bonchev–Trinajstić information content (AvgIpc) is 2.79. The molecule has 19 heavy (non-hydrogen) atoms. The number of pyridine rings is 1. The molecule has 0 saturated carbocycles. The van der Waals surface area contributed by atoms with Crippen molar-refractivity contribution in [3.63, 3.8) is 0 Å². The topological polar surface area (TPSA) is 66.6 Å². The van der Waals surface area contributed by atoms with Crippen LogP contribution >= 0.6 is 0 Å². The predicted molar refractivity (Wildman–Crippen MR) is 73.0 cm³/mol. The van der Waals surface area contributed by atoms with Crippen LogP contribution in [0.2, 0.25) is 0 Å². The van der Waals surface area contributed by atoms with Gasteiger partial charge in [-0.3, -0.25) is 4.79 Å². The highest BCUT2D eigenvalue weighted by Crippen LogP contribution is 2.10. The van der Waals surface area contributed by atoms with Gasteiger partial charge in [-0.15, -0.1) is 0 Å². The van der Waals surface area contributed by atoms with E-state index >= 15 is 0 Å². The van der Waals surface area contributed by atoms with Gasteiger partial charge < -0.3 is 10.4 Å². The molecule has 0 aromatic carbocycles. The number of hydrogen-bond acceptors (Lipinski definition) is 3. The van der Waals surface area contributed by atoms with Gasteiger partial charge in [0.05, 0.1) is 23.4 Å². The third-order valence-electron chi connectivity index (χ3n) is 2.91. The second-order valence-corrected chi connectivity index (χ2v) is 5.08. The van der Waals surface area contributed by atoms with E-state index in [-0.39, 0.29) is 12.5 Å². The number of aliphatic hydroxyl groups is 1. The molecule has 1 atom stereocenters. The first-order chi connectivity index (χ1) is 9.08. The first-order valence-corrected chi connectivity index (χ1v) is 6.46. The molecule has 0 aliphatic rings. The van der Waals surface area contributed by atoms with Crippen LogP contribution in [0, 0.1) is 5.92 Å². The van der Waals surface area contributed by atoms with Gasteiger partial charge in [-0.1, -0.05) is 19.9 Å². The van der Waals surface area contributed by atoms with Crippen molar-refractivity contribution >= 4 is 11.4 Å². The fourth-order valence-corrected chi connectivity index (χ4v) is 2.04. The van der Waals surface area contributed by atoms with E-state index in [1.165, 1.54) is 0 Å². The predicted octanol–water partition coefficient (Wildman–Crippen LogP) is 1.47. The minimum absolute atomic E-state index is 0.205. The maximum Gasteiger partial charge on any atom is 0.255 e. The Morgan fingerprint density at radius 1 is 1.47 bits per heavy atom. The van der Waals surface area contributed by atoms with Crippen LogP contribution in [0.1, 0.15) is 30.6 Å². The van der Waals surface area contributed by atoms with Gasteiger partial charge >= 0.3 is 0 Å². The molecule has 0 radical (unpaired) electrons. The number of carbonyl (C=O) groups excluding carboxylic acids is 1. The summed E-state index contributed by atoms with van der Waals surface area (Å²) >= 11 is 0. The summed E-state index contributed by atoms with van der Waals surface area (Å²) in [5.74, 6) is 0.202. The van der Waals surface area contributed by atoms with Crippen LogP contribution in [0.25, 0.3) is 5.52 Å². The summed E-state index contributed by atoms with van der Waals surface area (Å²) in [6.45, 7) is 4.34. The molecule has 0 aliphatic heterocycles. The zero-order chi connectivity index (χ0) is 13.8. The number of nitrogens with one attached hydrogen (secondary N) is 1. The molecule has 2 aromatic rings. The van der Waals surface area contributed by atoms with Gasteiger partial charge in [0.1, 0.15) is 0 Å². The molecule has 5 heteroatoms. The van der Waals surface area contributed by atoms with E-state index in [1.807, 2.05) is 32.0 Å². The summed E-state index contributed by atoms with van der Waals surface area (Å²) in [5.41, 5.74) is 1.29. The van der Waals surface area contributed by atoms with Crippen LogP contribution in [-0.4, -0.2) is 33.3 Å². The third-order valence-corrected chi connectivity index (χ3v) is 2.91. The monoisotopic (exact) mass is 261 g/mol. The van der Waals surface area contributed by atoms with Gasteiger partial charge in [-0.05, 0) is 24.5 Å². The maximum atomic E-state index is 12.0. The van der Waals surface area contributed by atoms with E-state index in [0.717, 1.165) is 5.52 Å². The standard InChI is InChI=1S/C14H19N3O2/c1-10(2)7-11(18)8-15-14(19)12-9-16-17-6-4-3-5-13(12)17/h3-6,9-11,18H,7-8H2,1-2H3,(H,15,19). The molecule has 2 aromatic heterocycles. The van der Waals surface area contributed by atoms with Gasteiger partial charge in [0.2, 0.25) is 0 Å². The summed E-state index contributed by atoms with van der Waals surface area (Å²) in [6.07, 6.45) is 3.50. The largest absolute Gasteiger partial charge is 0.391 e. The average molecular weight is 261 g/mol. The van der Waals surface area contributed by atoms with E-state index < -0.39 is 6.10 Å². The zero-order valence-corrected chi connectivity index (χ0v) is 11.2. The van der Waals surface area contributed by atoms with Gasteiger partial charge in [-0.25, -0.2) is 4.52 Å². The summed E-state index contributed by atoms with van der Waals surface area (Å²) < 4.78 is 1.65. The van der Waals surface area contributed by atoms with Crippen LogP contribution < -0.4 is 5.32 Å². The van der Waals surface area contributed by atoms with Crippen molar-refractivity contribution in [3.05, 3.63) is 36.2 Å². The van der Waals surface area contributed by atoms with Gasteiger partial charge in [0, 0.05) is 12.7 Å². The van der Waals surface area contributed by atoms with Crippen molar-refractivity contribution in [2.45, 2.75) is 26.4 Å². The van der Waals surface area contributed by atoms with Crippen molar-refractivity contribution in [3.8, 4) is 0 Å². The second kappa shape index (κ2) is 5.84. The number of fused-ring (bicyclic) bond motifs is 1. The molecule has 5 nitrogen and oxygen atoms in total. The number of aliphatic hydroxyl groups excluding tert-OH is 1. The number of rotatable bonds is 5. The van der Waals surface area contributed by atoms with E-state index in [1.54, 1.807) is 16.9 Å². The summed E-state index contributed by atoms with van der Waals surface area (Å²) in [4.78, 5) is 12.0. The highest BCUT2D eigenvalue weighted by atomic mass is 16.3. The normalized spacial score (nSPS) is 12.8. The van der Waals surface area contributed by atoms with Crippen LogP contribution in [0.15, 0.2) is 30.6 Å². The Bertz CT molecular complexity index is 563. The fraction of sp³-hybridized carbons (Fsp3) is 0.429. The Morgan fingerprint density at radius 2 is 2.26 bits per heavy atom. The van der Waals surface area contributed by atoms with Crippen molar-refractivity contribution in [1.29, 1.82) is 0 Å². The minimum atomic E-state index is -0.509. The molecule has 102 valence electrons. The molecule has 0 saturated heterocycles. The summed E-state index contributed by atoms with van der Waals surface area (Å²) in [5, 5.41) is 16.6. The lowest BCUT2D eigenvalue weighted by Crippen LogP contribution is -2.32. The molecule has 0 aliphatic carbocycles. The number of aromatic nitrogens is 2. The highest BCUT2D eigenvalue weighted by Gasteiger charge is 2.14. The summed E-state index contributed by atoms with van der Waals surface area (Å²) in [7, 11) is 0. The third kappa shape index (κ3) is 3.32. The van der Waals surface area contributed by atoms with Crippen LogP contribution in [0.4, 0.5) is 0 Å². The van der Waals surface area contributed by atoms with E-state index in [9.17, 15) is 9.90 Å². The Labute approximate surface area is 112 Å². The number of amides is 1. The Hall–Kier alpha value is -1.88. The van der Waals surface area contributed by atoms with Crippen LogP contribution in [-0.2, 0) is 0 Å². The van der Waals surface area contributed by atoms with Crippen molar-refractivity contribution in [2.75, 3.05) is 6.54 Å². The van der Waals surface area contributed by atoms with Crippen LogP contribution in [0.5, 0.6) is 0 Å². The Kier molecular flexibility index (Phi) is 4.16. The minimum Gasteiger partial charge on any atom is -0.391 e. The molecular formula is C14H19N3O2. The van der Waals surface area contributed by atoms with E-state index in [4.69, 9.17) is 0 Å². The molecule has 2 N–H and O–H groups in total. The van der Waals surface area contributed by atoms with Gasteiger partial charge in [-0.2, -0.15) is 5.10 Å². The van der Waals surface area contributed by atoms with E-state index in [0.29, 0.717) is 17.9 Å². The lowest BCUT2D eigenvalue weighted by molar-refractivity contribution is 0.0902. The van der Waals surface area contributed by atoms with Crippen molar-refractivity contribution in [1.82, 2.24) is 14.9 Å². The molecule has 1 amide bonds. The maximum absolute atomic E-state index is 12.0. The Balaban J connectivity index is 2.00.